The highest BCUT2D eigenvalue weighted by Gasteiger charge is 2.36. The van der Waals surface area contributed by atoms with Gasteiger partial charge in [-0.2, -0.15) is 0 Å². The van der Waals surface area contributed by atoms with E-state index in [1.54, 1.807) is 4.90 Å². The first-order valence-electron chi connectivity index (χ1n) is 9.00. The summed E-state index contributed by atoms with van der Waals surface area (Å²) in [7, 11) is 0. The molecule has 1 fully saturated rings. The smallest absolute Gasteiger partial charge is 0.229 e. The van der Waals surface area contributed by atoms with Crippen molar-refractivity contribution in [1.82, 2.24) is 0 Å². The molecule has 2 aromatic rings. The largest absolute Gasteiger partial charge is 0.492 e. The van der Waals surface area contributed by atoms with Crippen LogP contribution in [0.5, 0.6) is 5.75 Å². The van der Waals surface area contributed by atoms with Crippen molar-refractivity contribution in [2.45, 2.75) is 27.2 Å². The molecular weight excluding hydrogens is 408 g/mol. The molecule has 1 aliphatic heterocycles. The predicted octanol–water partition coefficient (Wildman–Crippen LogP) is 4.46. The third kappa shape index (κ3) is 4.16. The van der Waals surface area contributed by atoms with Crippen LogP contribution in [-0.2, 0) is 9.59 Å². The van der Waals surface area contributed by atoms with Gasteiger partial charge in [-0.15, -0.1) is 0 Å². The molecule has 0 bridgehead atoms. The van der Waals surface area contributed by atoms with E-state index in [0.717, 1.165) is 27.0 Å². The molecule has 0 aliphatic carbocycles. The zero-order valence-electron chi connectivity index (χ0n) is 15.7. The van der Waals surface area contributed by atoms with Gasteiger partial charge in [-0.3, -0.25) is 9.59 Å². The van der Waals surface area contributed by atoms with E-state index in [-0.39, 0.29) is 18.2 Å². The number of rotatable bonds is 5. The summed E-state index contributed by atoms with van der Waals surface area (Å²) >= 11 is 3.53. The number of anilines is 2. The molecule has 6 heteroatoms. The molecule has 5 nitrogen and oxygen atoms in total. The van der Waals surface area contributed by atoms with Crippen LogP contribution in [0.3, 0.4) is 0 Å². The van der Waals surface area contributed by atoms with Crippen LogP contribution in [0.4, 0.5) is 11.4 Å². The van der Waals surface area contributed by atoms with E-state index in [1.165, 1.54) is 0 Å². The van der Waals surface area contributed by atoms with Gasteiger partial charge in [0.2, 0.25) is 11.8 Å². The molecule has 1 aliphatic rings. The van der Waals surface area contributed by atoms with Gasteiger partial charge in [-0.1, -0.05) is 28.1 Å². The number of benzene rings is 2. The fourth-order valence-corrected chi connectivity index (χ4v) is 3.57. The molecule has 1 heterocycles. The summed E-state index contributed by atoms with van der Waals surface area (Å²) in [6.07, 6.45) is 0.195. The summed E-state index contributed by atoms with van der Waals surface area (Å²) in [5, 5.41) is 2.96. The van der Waals surface area contributed by atoms with Gasteiger partial charge < -0.3 is 15.0 Å². The quantitative estimate of drug-likeness (QED) is 0.761. The van der Waals surface area contributed by atoms with Crippen LogP contribution in [0, 0.1) is 19.8 Å². The van der Waals surface area contributed by atoms with Gasteiger partial charge >= 0.3 is 0 Å². The average molecular weight is 431 g/mol. The Labute approximate surface area is 167 Å². The van der Waals surface area contributed by atoms with Crippen LogP contribution in [0.15, 0.2) is 40.9 Å². The molecule has 142 valence electrons. The van der Waals surface area contributed by atoms with Crippen molar-refractivity contribution in [1.29, 1.82) is 0 Å². The minimum Gasteiger partial charge on any atom is -0.492 e. The third-order valence-corrected chi connectivity index (χ3v) is 5.91. The van der Waals surface area contributed by atoms with Crippen LogP contribution < -0.4 is 15.0 Å². The Kier molecular flexibility index (Phi) is 5.85. The Bertz CT molecular complexity index is 858. The van der Waals surface area contributed by atoms with Gasteiger partial charge in [-0.05, 0) is 56.2 Å². The van der Waals surface area contributed by atoms with Gasteiger partial charge in [0, 0.05) is 23.1 Å². The van der Waals surface area contributed by atoms with E-state index in [4.69, 9.17) is 4.74 Å². The monoisotopic (exact) mass is 430 g/mol. The maximum atomic E-state index is 12.7. The zero-order chi connectivity index (χ0) is 19.6. The van der Waals surface area contributed by atoms with E-state index in [1.807, 2.05) is 57.2 Å². The number of nitrogens with one attached hydrogen (secondary N) is 1. The van der Waals surface area contributed by atoms with Crippen molar-refractivity contribution in [3.05, 3.63) is 52.0 Å². The van der Waals surface area contributed by atoms with E-state index in [9.17, 15) is 9.59 Å². The second kappa shape index (κ2) is 8.13. The third-order valence-electron chi connectivity index (χ3n) is 4.66. The van der Waals surface area contributed by atoms with Crippen molar-refractivity contribution in [2.75, 3.05) is 23.4 Å². The van der Waals surface area contributed by atoms with E-state index >= 15 is 0 Å². The van der Waals surface area contributed by atoms with E-state index < -0.39 is 5.92 Å². The molecule has 0 radical (unpaired) electrons. The lowest BCUT2D eigenvalue weighted by atomic mass is 10.1. The fraction of sp³-hybridized carbons (Fsp3) is 0.333. The van der Waals surface area contributed by atoms with Crippen LogP contribution >= 0.6 is 15.9 Å². The van der Waals surface area contributed by atoms with Gasteiger partial charge in [0.1, 0.15) is 5.75 Å². The van der Waals surface area contributed by atoms with Gasteiger partial charge in [-0.25, -0.2) is 0 Å². The normalized spacial score (nSPS) is 16.5. The van der Waals surface area contributed by atoms with Crippen molar-refractivity contribution >= 4 is 39.1 Å². The molecule has 0 unspecified atom stereocenters. The Morgan fingerprint density at radius 2 is 1.93 bits per heavy atom. The van der Waals surface area contributed by atoms with Gasteiger partial charge in [0.05, 0.1) is 18.2 Å². The Morgan fingerprint density at radius 3 is 2.59 bits per heavy atom. The topological polar surface area (TPSA) is 58.6 Å². The number of nitrogens with zero attached hydrogens (tertiary/aromatic N) is 1. The Balaban J connectivity index is 1.75. The summed E-state index contributed by atoms with van der Waals surface area (Å²) in [6.45, 7) is 6.74. The van der Waals surface area contributed by atoms with Crippen LogP contribution in [0.1, 0.15) is 24.5 Å². The summed E-state index contributed by atoms with van der Waals surface area (Å²) in [5.41, 5.74) is 3.58. The predicted molar refractivity (Wildman–Crippen MR) is 110 cm³/mol. The summed E-state index contributed by atoms with van der Waals surface area (Å²) in [4.78, 5) is 26.9. The maximum absolute atomic E-state index is 12.7. The molecule has 0 aromatic heterocycles. The minimum atomic E-state index is -0.392. The standard InChI is InChI=1S/C21H23BrN2O3/c1-4-27-18-8-6-5-7-17(18)24-12-15(11-19(24)25)21(26)23-16-9-13(2)20(22)14(3)10-16/h5-10,15H,4,11-12H2,1-3H3,(H,23,26)/t15-/m0/s1. The number of carbonyl (C=O) groups excluding carboxylic acids is 2. The fourth-order valence-electron chi connectivity index (χ4n) is 3.34. The lowest BCUT2D eigenvalue weighted by Gasteiger charge is -2.20. The van der Waals surface area contributed by atoms with E-state index in [0.29, 0.717) is 18.9 Å². The number of hydrogen-bond donors (Lipinski definition) is 1. The molecule has 2 aromatic carbocycles. The van der Waals surface area contributed by atoms with Gasteiger partial charge in [0.25, 0.3) is 0 Å². The summed E-state index contributed by atoms with van der Waals surface area (Å²) in [6, 6.07) is 11.3. The second-order valence-corrected chi connectivity index (χ2v) is 7.51. The molecule has 1 N–H and O–H groups in total. The first-order valence-corrected chi connectivity index (χ1v) is 9.79. The molecule has 0 saturated carbocycles. The first kappa shape index (κ1) is 19.4. The SMILES string of the molecule is CCOc1ccccc1N1C[C@@H](C(=O)Nc2cc(C)c(Br)c(C)c2)CC1=O. The summed E-state index contributed by atoms with van der Waals surface area (Å²) in [5.74, 6) is 0.0661. The van der Waals surface area contributed by atoms with Crippen LogP contribution in [-0.4, -0.2) is 25.0 Å². The highest BCUT2D eigenvalue weighted by atomic mass is 79.9. The first-order chi connectivity index (χ1) is 12.9. The Morgan fingerprint density at radius 1 is 1.26 bits per heavy atom. The molecule has 0 spiro atoms. The van der Waals surface area contributed by atoms with Crippen molar-refractivity contribution in [3.63, 3.8) is 0 Å². The lowest BCUT2D eigenvalue weighted by molar-refractivity contribution is -0.122. The summed E-state index contributed by atoms with van der Waals surface area (Å²) < 4.78 is 6.67. The van der Waals surface area contributed by atoms with Crippen LogP contribution in [0.25, 0.3) is 0 Å². The molecule has 1 atom stereocenters. The zero-order valence-corrected chi connectivity index (χ0v) is 17.3. The number of halogens is 1. The van der Waals surface area contributed by atoms with Crippen LogP contribution in [0.2, 0.25) is 0 Å². The number of amides is 2. The number of aryl methyl sites for hydroxylation is 2. The van der Waals surface area contributed by atoms with Crippen molar-refractivity contribution in [2.24, 2.45) is 5.92 Å². The lowest BCUT2D eigenvalue weighted by Crippen LogP contribution is -2.28. The van der Waals surface area contributed by atoms with E-state index in [2.05, 4.69) is 21.2 Å². The number of para-hydroxylation sites is 2. The molecule has 2 amide bonds. The highest BCUT2D eigenvalue weighted by molar-refractivity contribution is 9.10. The van der Waals surface area contributed by atoms with Crippen molar-refractivity contribution in [3.8, 4) is 5.75 Å². The average Bonchev–Trinajstić information content (AvgIpc) is 3.02. The number of carbonyl (C=O) groups is 2. The molecule has 1 saturated heterocycles. The van der Waals surface area contributed by atoms with Gasteiger partial charge in [0.15, 0.2) is 0 Å². The molecule has 3 rings (SSSR count). The maximum Gasteiger partial charge on any atom is 0.229 e. The minimum absolute atomic E-state index is 0.0644. The highest BCUT2D eigenvalue weighted by Crippen LogP contribution is 2.33. The molecule has 27 heavy (non-hydrogen) atoms. The second-order valence-electron chi connectivity index (χ2n) is 6.72. The number of ether oxygens (including phenoxy) is 1. The Hall–Kier alpha value is -2.34. The number of hydrogen-bond acceptors (Lipinski definition) is 3. The molecular formula is C21H23BrN2O3. The van der Waals surface area contributed by atoms with Crippen molar-refractivity contribution < 1.29 is 14.3 Å².